The Bertz CT molecular complexity index is 369. The molecule has 1 fully saturated rings. The van der Waals surface area contributed by atoms with E-state index in [1.165, 1.54) is 23.1 Å². The third kappa shape index (κ3) is 1.14. The van der Waals surface area contributed by atoms with Crippen molar-refractivity contribution in [3.8, 4) is 5.75 Å². The predicted molar refractivity (Wildman–Crippen MR) is 55.7 cm³/mol. The predicted octanol–water partition coefficient (Wildman–Crippen LogP) is 1.96. The Hall–Kier alpha value is -1.02. The smallest absolute Gasteiger partial charge is 0.127 e. The van der Waals surface area contributed by atoms with Gasteiger partial charge < -0.3 is 10.1 Å². The summed E-state index contributed by atoms with van der Waals surface area (Å²) in [6, 6.07) is 5.06. The first kappa shape index (κ1) is 8.30. The SMILES string of the molecule is Cc1cc2c(c([C@@H]3CCN3)c1)OCC2. The summed E-state index contributed by atoms with van der Waals surface area (Å²) in [5, 5.41) is 3.44. The van der Waals surface area contributed by atoms with Gasteiger partial charge in [0.15, 0.2) is 0 Å². The van der Waals surface area contributed by atoms with Crippen LogP contribution in [0.15, 0.2) is 12.1 Å². The lowest BCUT2D eigenvalue weighted by Gasteiger charge is -2.29. The summed E-state index contributed by atoms with van der Waals surface area (Å²) in [4.78, 5) is 0. The standard InChI is InChI=1S/C12H15NO/c1-8-6-9-3-5-14-12(9)10(7-8)11-2-4-13-11/h6-7,11,13H,2-5H2,1H3/t11-/m0/s1. The van der Waals surface area contributed by atoms with Crippen molar-refractivity contribution in [3.05, 3.63) is 28.8 Å². The van der Waals surface area contributed by atoms with Crippen LogP contribution in [0, 0.1) is 6.92 Å². The van der Waals surface area contributed by atoms with Gasteiger partial charge in [-0.1, -0.05) is 17.7 Å². The highest BCUT2D eigenvalue weighted by atomic mass is 16.5. The van der Waals surface area contributed by atoms with Crippen LogP contribution < -0.4 is 10.1 Å². The Morgan fingerprint density at radius 1 is 1.43 bits per heavy atom. The van der Waals surface area contributed by atoms with Gasteiger partial charge in [-0.05, 0) is 25.5 Å². The van der Waals surface area contributed by atoms with Crippen LogP contribution in [0.2, 0.25) is 0 Å². The summed E-state index contributed by atoms with van der Waals surface area (Å²) < 4.78 is 5.70. The lowest BCUT2D eigenvalue weighted by molar-refractivity contribution is 0.329. The maximum atomic E-state index is 5.70. The van der Waals surface area contributed by atoms with Crippen molar-refractivity contribution >= 4 is 0 Å². The highest BCUT2D eigenvalue weighted by molar-refractivity contribution is 5.48. The van der Waals surface area contributed by atoms with Gasteiger partial charge in [-0.25, -0.2) is 0 Å². The minimum Gasteiger partial charge on any atom is -0.493 e. The summed E-state index contributed by atoms with van der Waals surface area (Å²) in [6.45, 7) is 4.17. The van der Waals surface area contributed by atoms with Gasteiger partial charge in [0.1, 0.15) is 5.75 Å². The van der Waals surface area contributed by atoms with E-state index < -0.39 is 0 Å². The summed E-state index contributed by atoms with van der Waals surface area (Å²) in [5.74, 6) is 1.16. The lowest BCUT2D eigenvalue weighted by Crippen LogP contribution is -2.35. The van der Waals surface area contributed by atoms with E-state index in [9.17, 15) is 0 Å². The zero-order chi connectivity index (χ0) is 9.54. The molecule has 0 radical (unpaired) electrons. The molecule has 2 heteroatoms. The summed E-state index contributed by atoms with van der Waals surface area (Å²) in [5.41, 5.74) is 4.13. The van der Waals surface area contributed by atoms with E-state index in [1.807, 2.05) is 0 Å². The second-order valence-electron chi connectivity index (χ2n) is 4.24. The average molecular weight is 189 g/mol. The molecule has 74 valence electrons. The van der Waals surface area contributed by atoms with Crippen molar-refractivity contribution in [2.75, 3.05) is 13.2 Å². The van der Waals surface area contributed by atoms with E-state index in [-0.39, 0.29) is 0 Å². The zero-order valence-corrected chi connectivity index (χ0v) is 8.47. The number of benzene rings is 1. The maximum absolute atomic E-state index is 5.70. The van der Waals surface area contributed by atoms with Gasteiger partial charge in [0.25, 0.3) is 0 Å². The molecule has 2 heterocycles. The topological polar surface area (TPSA) is 21.3 Å². The van der Waals surface area contributed by atoms with Crippen molar-refractivity contribution in [3.63, 3.8) is 0 Å². The fraction of sp³-hybridized carbons (Fsp3) is 0.500. The number of aryl methyl sites for hydroxylation is 1. The molecule has 0 bridgehead atoms. The maximum Gasteiger partial charge on any atom is 0.127 e. The third-order valence-corrected chi connectivity index (χ3v) is 3.16. The molecular weight excluding hydrogens is 174 g/mol. The van der Waals surface area contributed by atoms with Crippen LogP contribution in [0.3, 0.4) is 0 Å². The number of fused-ring (bicyclic) bond motifs is 1. The first-order chi connectivity index (χ1) is 6.84. The Morgan fingerprint density at radius 2 is 2.29 bits per heavy atom. The first-order valence-corrected chi connectivity index (χ1v) is 5.34. The molecule has 2 aliphatic rings. The summed E-state index contributed by atoms with van der Waals surface area (Å²) in [6.07, 6.45) is 2.33. The number of nitrogens with one attached hydrogen (secondary N) is 1. The van der Waals surface area contributed by atoms with Crippen LogP contribution in [0.1, 0.15) is 29.2 Å². The molecule has 0 saturated carbocycles. The zero-order valence-electron chi connectivity index (χ0n) is 8.47. The number of ether oxygens (including phenoxy) is 1. The van der Waals surface area contributed by atoms with Crippen LogP contribution in [-0.2, 0) is 6.42 Å². The van der Waals surface area contributed by atoms with Crippen molar-refractivity contribution < 1.29 is 4.74 Å². The molecule has 1 aromatic rings. The average Bonchev–Trinajstić information content (AvgIpc) is 2.47. The van der Waals surface area contributed by atoms with E-state index in [2.05, 4.69) is 24.4 Å². The molecule has 1 aromatic carbocycles. The molecule has 3 rings (SSSR count). The second-order valence-corrected chi connectivity index (χ2v) is 4.24. The quantitative estimate of drug-likeness (QED) is 0.729. The van der Waals surface area contributed by atoms with Crippen molar-refractivity contribution in [1.82, 2.24) is 5.32 Å². The first-order valence-electron chi connectivity index (χ1n) is 5.34. The van der Waals surface area contributed by atoms with E-state index in [1.54, 1.807) is 0 Å². The Balaban J connectivity index is 2.08. The Kier molecular flexibility index (Phi) is 1.77. The Labute approximate surface area is 84.3 Å². The molecule has 0 aliphatic carbocycles. The van der Waals surface area contributed by atoms with Gasteiger partial charge in [-0.2, -0.15) is 0 Å². The van der Waals surface area contributed by atoms with Crippen LogP contribution >= 0.6 is 0 Å². The number of rotatable bonds is 1. The number of hydrogen-bond donors (Lipinski definition) is 1. The van der Waals surface area contributed by atoms with Crippen molar-refractivity contribution in [2.24, 2.45) is 0 Å². The van der Waals surface area contributed by atoms with Crippen LogP contribution in [-0.4, -0.2) is 13.2 Å². The van der Waals surface area contributed by atoms with E-state index in [0.29, 0.717) is 6.04 Å². The normalized spacial score (nSPS) is 23.9. The molecule has 1 N–H and O–H groups in total. The Morgan fingerprint density at radius 3 is 3.00 bits per heavy atom. The monoisotopic (exact) mass is 189 g/mol. The molecule has 2 nitrogen and oxygen atoms in total. The van der Waals surface area contributed by atoms with Crippen LogP contribution in [0.5, 0.6) is 5.75 Å². The molecule has 0 amide bonds. The second kappa shape index (κ2) is 2.99. The highest BCUT2D eigenvalue weighted by Gasteiger charge is 2.26. The van der Waals surface area contributed by atoms with Gasteiger partial charge in [0, 0.05) is 18.0 Å². The summed E-state index contributed by atoms with van der Waals surface area (Å²) >= 11 is 0. The third-order valence-electron chi connectivity index (χ3n) is 3.16. The van der Waals surface area contributed by atoms with Gasteiger partial charge >= 0.3 is 0 Å². The fourth-order valence-corrected chi connectivity index (χ4v) is 2.32. The van der Waals surface area contributed by atoms with Gasteiger partial charge in [0.05, 0.1) is 6.61 Å². The molecule has 0 unspecified atom stereocenters. The molecule has 0 spiro atoms. The largest absolute Gasteiger partial charge is 0.493 e. The van der Waals surface area contributed by atoms with Crippen LogP contribution in [0.4, 0.5) is 0 Å². The minimum atomic E-state index is 0.543. The molecule has 1 atom stereocenters. The van der Waals surface area contributed by atoms with Gasteiger partial charge in [-0.3, -0.25) is 0 Å². The van der Waals surface area contributed by atoms with Crippen molar-refractivity contribution in [1.29, 1.82) is 0 Å². The fourth-order valence-electron chi connectivity index (χ4n) is 2.32. The molecular formula is C12H15NO. The van der Waals surface area contributed by atoms with E-state index >= 15 is 0 Å². The minimum absolute atomic E-state index is 0.543. The highest BCUT2D eigenvalue weighted by Crippen LogP contribution is 2.37. The number of hydrogen-bond acceptors (Lipinski definition) is 2. The molecule has 2 aliphatic heterocycles. The van der Waals surface area contributed by atoms with E-state index in [4.69, 9.17) is 4.74 Å². The summed E-state index contributed by atoms with van der Waals surface area (Å²) in [7, 11) is 0. The molecule has 1 saturated heterocycles. The van der Waals surface area contributed by atoms with Crippen molar-refractivity contribution in [2.45, 2.75) is 25.8 Å². The lowest BCUT2D eigenvalue weighted by atomic mass is 9.93. The van der Waals surface area contributed by atoms with E-state index in [0.717, 1.165) is 25.3 Å². The van der Waals surface area contributed by atoms with Gasteiger partial charge in [-0.15, -0.1) is 0 Å². The van der Waals surface area contributed by atoms with Crippen LogP contribution in [0.25, 0.3) is 0 Å². The molecule has 14 heavy (non-hydrogen) atoms. The molecule has 0 aromatic heterocycles. The van der Waals surface area contributed by atoms with Gasteiger partial charge in [0.2, 0.25) is 0 Å².